The van der Waals surface area contributed by atoms with Gasteiger partial charge in [-0.25, -0.2) is 4.98 Å². The average molecular weight is 411 g/mol. The van der Waals surface area contributed by atoms with Crippen LogP contribution >= 0.6 is 0 Å². The molecule has 0 N–H and O–H groups in total. The minimum Gasteiger partial charge on any atom is -0.334 e. The number of unbranched alkanes of at least 4 members (excludes halogenated alkanes) is 10. The van der Waals surface area contributed by atoms with E-state index in [1.165, 1.54) is 102 Å². The Labute approximate surface area is 186 Å². The summed E-state index contributed by atoms with van der Waals surface area (Å²) in [5.41, 5.74) is 1.48. The molecule has 30 heavy (non-hydrogen) atoms. The summed E-state index contributed by atoms with van der Waals surface area (Å²) in [6.07, 6.45) is 26.6. The van der Waals surface area contributed by atoms with Crippen molar-refractivity contribution < 1.29 is 0 Å². The van der Waals surface area contributed by atoms with Crippen LogP contribution in [-0.2, 0) is 6.42 Å². The van der Waals surface area contributed by atoms with Gasteiger partial charge in [0.1, 0.15) is 0 Å². The summed E-state index contributed by atoms with van der Waals surface area (Å²) in [7, 11) is 0. The molecule has 0 aliphatic carbocycles. The van der Waals surface area contributed by atoms with E-state index in [1.807, 2.05) is 12.5 Å². The van der Waals surface area contributed by atoms with Crippen LogP contribution in [0.2, 0.25) is 0 Å². The standard InChI is InChI=1S/C28H46N2/c1-3-5-7-8-9-10-11-12-13-17-21-28(30-23-22-29-25-30)27(20-6-4-2)24-26-18-15-14-16-19-26/h14-16,18-19,22-23,25,27-28H,3-13,17,20-21,24H2,1-2H3. The number of hydrogen-bond donors (Lipinski definition) is 0. The summed E-state index contributed by atoms with van der Waals surface area (Å²) >= 11 is 0. The van der Waals surface area contributed by atoms with E-state index >= 15 is 0 Å². The maximum absolute atomic E-state index is 4.38. The molecule has 168 valence electrons. The third kappa shape index (κ3) is 9.96. The van der Waals surface area contributed by atoms with Gasteiger partial charge in [-0.15, -0.1) is 0 Å². The van der Waals surface area contributed by atoms with Crippen molar-refractivity contribution in [2.75, 3.05) is 0 Å². The number of aromatic nitrogens is 2. The van der Waals surface area contributed by atoms with Crippen molar-refractivity contribution in [2.45, 2.75) is 116 Å². The van der Waals surface area contributed by atoms with E-state index in [4.69, 9.17) is 0 Å². The first-order valence-electron chi connectivity index (χ1n) is 12.9. The molecule has 2 heteroatoms. The van der Waals surface area contributed by atoms with E-state index in [-0.39, 0.29) is 0 Å². The molecule has 0 spiro atoms. The van der Waals surface area contributed by atoms with Gasteiger partial charge >= 0.3 is 0 Å². The molecular formula is C28H46N2. The maximum Gasteiger partial charge on any atom is 0.0948 e. The van der Waals surface area contributed by atoms with Crippen molar-refractivity contribution in [1.82, 2.24) is 9.55 Å². The lowest BCUT2D eigenvalue weighted by molar-refractivity contribution is 0.277. The molecule has 0 saturated heterocycles. The van der Waals surface area contributed by atoms with E-state index in [2.05, 4.69) is 59.9 Å². The fourth-order valence-electron chi connectivity index (χ4n) is 4.75. The van der Waals surface area contributed by atoms with Crippen LogP contribution in [0, 0.1) is 5.92 Å². The monoisotopic (exact) mass is 410 g/mol. The molecule has 0 fully saturated rings. The van der Waals surface area contributed by atoms with Crippen molar-refractivity contribution in [1.29, 1.82) is 0 Å². The predicted octanol–water partition coefficient (Wildman–Crippen LogP) is 8.78. The summed E-state index contributed by atoms with van der Waals surface area (Å²) in [6, 6.07) is 11.7. The Kier molecular flexibility index (Phi) is 13.3. The number of imidazole rings is 1. The molecule has 0 aliphatic heterocycles. The highest BCUT2D eigenvalue weighted by molar-refractivity contribution is 5.15. The highest BCUT2D eigenvalue weighted by Gasteiger charge is 2.22. The SMILES string of the molecule is CCCCCCCCCCCCC(C(CCCC)Cc1ccccc1)n1ccnc1. The molecule has 1 heterocycles. The Morgan fingerprint density at radius 1 is 0.733 bits per heavy atom. The van der Waals surface area contributed by atoms with Gasteiger partial charge < -0.3 is 4.57 Å². The Balaban J connectivity index is 1.81. The molecule has 1 aromatic carbocycles. The van der Waals surface area contributed by atoms with Crippen LogP contribution in [0.25, 0.3) is 0 Å². The summed E-state index contributed by atoms with van der Waals surface area (Å²) in [5.74, 6) is 0.695. The van der Waals surface area contributed by atoms with E-state index < -0.39 is 0 Å². The Morgan fingerprint density at radius 3 is 1.97 bits per heavy atom. The summed E-state index contributed by atoms with van der Waals surface area (Å²) in [5, 5.41) is 0. The summed E-state index contributed by atoms with van der Waals surface area (Å²) in [4.78, 5) is 4.38. The van der Waals surface area contributed by atoms with Gasteiger partial charge in [-0.3, -0.25) is 0 Å². The zero-order chi connectivity index (χ0) is 21.3. The molecule has 1 aromatic heterocycles. The fourth-order valence-corrected chi connectivity index (χ4v) is 4.75. The average Bonchev–Trinajstić information content (AvgIpc) is 3.30. The second kappa shape index (κ2) is 16.2. The summed E-state index contributed by atoms with van der Waals surface area (Å²) in [6.45, 7) is 4.61. The van der Waals surface area contributed by atoms with Crippen LogP contribution in [0.1, 0.15) is 115 Å². The topological polar surface area (TPSA) is 17.8 Å². The molecule has 2 nitrogen and oxygen atoms in total. The first-order valence-corrected chi connectivity index (χ1v) is 12.9. The van der Waals surface area contributed by atoms with Crippen molar-refractivity contribution in [3.8, 4) is 0 Å². The Bertz CT molecular complexity index is 605. The second-order valence-electron chi connectivity index (χ2n) is 9.14. The van der Waals surface area contributed by atoms with E-state index in [0.29, 0.717) is 12.0 Å². The van der Waals surface area contributed by atoms with Gasteiger partial charge in [0, 0.05) is 18.4 Å². The lowest BCUT2D eigenvalue weighted by Crippen LogP contribution is -2.21. The van der Waals surface area contributed by atoms with Crippen LogP contribution in [0.3, 0.4) is 0 Å². The molecule has 0 aliphatic rings. The first-order chi connectivity index (χ1) is 14.8. The van der Waals surface area contributed by atoms with Crippen molar-refractivity contribution in [2.24, 2.45) is 5.92 Å². The van der Waals surface area contributed by atoms with Crippen molar-refractivity contribution in [3.63, 3.8) is 0 Å². The highest BCUT2D eigenvalue weighted by atomic mass is 15.1. The zero-order valence-corrected chi connectivity index (χ0v) is 19.8. The number of benzene rings is 1. The normalized spacial score (nSPS) is 13.4. The van der Waals surface area contributed by atoms with Crippen LogP contribution in [0.5, 0.6) is 0 Å². The molecular weight excluding hydrogens is 364 g/mol. The lowest BCUT2D eigenvalue weighted by Gasteiger charge is -2.29. The number of hydrogen-bond acceptors (Lipinski definition) is 1. The zero-order valence-electron chi connectivity index (χ0n) is 19.8. The van der Waals surface area contributed by atoms with Gasteiger partial charge in [-0.2, -0.15) is 0 Å². The second-order valence-corrected chi connectivity index (χ2v) is 9.14. The Morgan fingerprint density at radius 2 is 1.37 bits per heavy atom. The number of rotatable bonds is 18. The fraction of sp³-hybridized carbons (Fsp3) is 0.679. The summed E-state index contributed by atoms with van der Waals surface area (Å²) < 4.78 is 2.40. The molecule has 0 radical (unpaired) electrons. The van der Waals surface area contributed by atoms with Crippen LogP contribution in [0.4, 0.5) is 0 Å². The van der Waals surface area contributed by atoms with Gasteiger partial charge in [0.25, 0.3) is 0 Å². The smallest absolute Gasteiger partial charge is 0.0948 e. The van der Waals surface area contributed by atoms with Crippen LogP contribution in [0.15, 0.2) is 49.1 Å². The molecule has 2 aromatic rings. The Hall–Kier alpha value is -1.57. The molecule has 0 amide bonds. The van der Waals surface area contributed by atoms with Gasteiger partial charge in [0.15, 0.2) is 0 Å². The lowest BCUT2D eigenvalue weighted by atomic mass is 9.85. The van der Waals surface area contributed by atoms with Gasteiger partial charge in [0.2, 0.25) is 0 Å². The van der Waals surface area contributed by atoms with Gasteiger partial charge in [0.05, 0.1) is 6.33 Å². The van der Waals surface area contributed by atoms with Crippen molar-refractivity contribution >= 4 is 0 Å². The van der Waals surface area contributed by atoms with E-state index in [0.717, 1.165) is 0 Å². The van der Waals surface area contributed by atoms with E-state index in [9.17, 15) is 0 Å². The third-order valence-electron chi connectivity index (χ3n) is 6.57. The quantitative estimate of drug-likeness (QED) is 0.224. The molecule has 2 unspecified atom stereocenters. The molecule has 2 atom stereocenters. The van der Waals surface area contributed by atoms with Crippen molar-refractivity contribution in [3.05, 3.63) is 54.6 Å². The highest BCUT2D eigenvalue weighted by Crippen LogP contribution is 2.32. The number of nitrogens with zero attached hydrogens (tertiary/aromatic N) is 2. The van der Waals surface area contributed by atoms with Crippen LogP contribution < -0.4 is 0 Å². The largest absolute Gasteiger partial charge is 0.334 e. The van der Waals surface area contributed by atoms with Crippen LogP contribution in [-0.4, -0.2) is 9.55 Å². The first kappa shape index (κ1) is 24.7. The van der Waals surface area contributed by atoms with E-state index in [1.54, 1.807) is 0 Å². The molecule has 2 rings (SSSR count). The third-order valence-corrected chi connectivity index (χ3v) is 6.57. The molecule has 0 bridgehead atoms. The minimum atomic E-state index is 0.577. The predicted molar refractivity (Wildman–Crippen MR) is 131 cm³/mol. The van der Waals surface area contributed by atoms with Gasteiger partial charge in [-0.05, 0) is 30.7 Å². The minimum absolute atomic E-state index is 0.577. The van der Waals surface area contributed by atoms with Gasteiger partial charge in [-0.1, -0.05) is 121 Å². The molecule has 0 saturated carbocycles. The maximum atomic E-state index is 4.38.